The summed E-state index contributed by atoms with van der Waals surface area (Å²) >= 11 is 6.22. The van der Waals surface area contributed by atoms with Gasteiger partial charge in [0.25, 0.3) is 0 Å². The lowest BCUT2D eigenvalue weighted by Gasteiger charge is -2.09. The van der Waals surface area contributed by atoms with Gasteiger partial charge < -0.3 is 15.2 Å². The number of nitrogens with one attached hydrogen (secondary N) is 2. The fraction of sp³-hybridized carbons (Fsp3) is 0.158. The van der Waals surface area contributed by atoms with Crippen LogP contribution in [0.1, 0.15) is 5.56 Å². The largest absolute Gasteiger partial charge is 0.383 e. The van der Waals surface area contributed by atoms with Gasteiger partial charge in [0.15, 0.2) is 0 Å². The molecule has 1 aromatic carbocycles. The van der Waals surface area contributed by atoms with E-state index in [9.17, 15) is 4.79 Å². The molecule has 6 heteroatoms. The normalized spacial score (nSPS) is 11.2. The number of pyridine rings is 1. The maximum absolute atomic E-state index is 12.0. The van der Waals surface area contributed by atoms with Gasteiger partial charge in [-0.3, -0.25) is 4.79 Å². The molecule has 0 aliphatic rings. The van der Waals surface area contributed by atoms with Crippen molar-refractivity contribution in [1.29, 1.82) is 0 Å². The molecule has 0 fully saturated rings. The lowest BCUT2D eigenvalue weighted by Crippen LogP contribution is -2.10. The molecule has 0 aliphatic carbocycles. The molecule has 1 amide bonds. The standard InChI is InChI=1S/C19H19ClN4O/c1-12-10-21-19-15(12)8-14(11-22-19)13-4-5-16(20)17(9-13)23-18(25)6-7-24(2)3/h4-11H,1-3H3,(H,21,22)(H,23,25). The second-order valence-electron chi connectivity index (χ2n) is 6.06. The molecular formula is C19H19ClN4O. The molecule has 0 unspecified atom stereocenters. The van der Waals surface area contributed by atoms with Crippen molar-refractivity contribution in [1.82, 2.24) is 14.9 Å². The van der Waals surface area contributed by atoms with Crippen LogP contribution in [0.4, 0.5) is 5.69 Å². The number of nitrogens with zero attached hydrogens (tertiary/aromatic N) is 2. The minimum absolute atomic E-state index is 0.234. The number of aromatic nitrogens is 2. The zero-order valence-corrected chi connectivity index (χ0v) is 15.1. The summed E-state index contributed by atoms with van der Waals surface area (Å²) in [6, 6.07) is 7.62. The zero-order chi connectivity index (χ0) is 18.0. The van der Waals surface area contributed by atoms with E-state index in [4.69, 9.17) is 11.6 Å². The summed E-state index contributed by atoms with van der Waals surface area (Å²) in [7, 11) is 3.70. The van der Waals surface area contributed by atoms with Gasteiger partial charge in [-0.15, -0.1) is 0 Å². The van der Waals surface area contributed by atoms with Crippen molar-refractivity contribution in [2.45, 2.75) is 6.92 Å². The van der Waals surface area contributed by atoms with Gasteiger partial charge in [0, 0.05) is 49.7 Å². The van der Waals surface area contributed by atoms with E-state index >= 15 is 0 Å². The SMILES string of the molecule is Cc1c[nH]c2ncc(-c3ccc(Cl)c(NC(=O)C=CN(C)C)c3)cc12. The summed E-state index contributed by atoms with van der Waals surface area (Å²) in [5.74, 6) is -0.234. The van der Waals surface area contributed by atoms with Gasteiger partial charge in [-0.1, -0.05) is 17.7 Å². The highest BCUT2D eigenvalue weighted by atomic mass is 35.5. The molecule has 3 aromatic rings. The molecule has 25 heavy (non-hydrogen) atoms. The molecule has 0 radical (unpaired) electrons. The number of carbonyl (C=O) groups excluding carboxylic acids is 1. The number of hydrogen-bond acceptors (Lipinski definition) is 3. The fourth-order valence-corrected chi connectivity index (χ4v) is 2.65. The number of benzene rings is 1. The Hall–Kier alpha value is -2.79. The van der Waals surface area contributed by atoms with E-state index in [1.807, 2.05) is 39.3 Å². The monoisotopic (exact) mass is 354 g/mol. The molecule has 2 aromatic heterocycles. The maximum atomic E-state index is 12.0. The molecule has 0 saturated carbocycles. The first-order chi connectivity index (χ1) is 11.9. The van der Waals surface area contributed by atoms with Crippen molar-refractivity contribution in [2.75, 3.05) is 19.4 Å². The van der Waals surface area contributed by atoms with Crippen molar-refractivity contribution in [2.24, 2.45) is 0 Å². The molecule has 5 nitrogen and oxygen atoms in total. The quantitative estimate of drug-likeness (QED) is 0.690. The molecule has 3 rings (SSSR count). The first kappa shape index (κ1) is 17.0. The minimum atomic E-state index is -0.234. The number of aryl methyl sites for hydroxylation is 1. The summed E-state index contributed by atoms with van der Waals surface area (Å²) in [5, 5.41) is 4.37. The van der Waals surface area contributed by atoms with E-state index in [-0.39, 0.29) is 5.91 Å². The Kier molecular flexibility index (Phi) is 4.76. The van der Waals surface area contributed by atoms with Crippen LogP contribution in [0.2, 0.25) is 5.02 Å². The van der Waals surface area contributed by atoms with Gasteiger partial charge in [-0.05, 0) is 36.2 Å². The predicted octanol–water partition coefficient (Wildman–Crippen LogP) is 4.21. The molecule has 0 spiro atoms. The van der Waals surface area contributed by atoms with E-state index in [0.717, 1.165) is 27.7 Å². The van der Waals surface area contributed by atoms with Gasteiger partial charge in [0.1, 0.15) is 5.65 Å². The molecule has 128 valence electrons. The number of halogens is 1. The fourth-order valence-electron chi connectivity index (χ4n) is 2.48. The van der Waals surface area contributed by atoms with Crippen LogP contribution >= 0.6 is 11.6 Å². The van der Waals surface area contributed by atoms with Crippen molar-refractivity contribution in [3.05, 3.63) is 59.5 Å². The highest BCUT2D eigenvalue weighted by Gasteiger charge is 2.09. The predicted molar refractivity (Wildman–Crippen MR) is 103 cm³/mol. The molecule has 2 N–H and O–H groups in total. The van der Waals surface area contributed by atoms with Crippen LogP contribution in [0.5, 0.6) is 0 Å². The third-order valence-electron chi connectivity index (χ3n) is 3.82. The van der Waals surface area contributed by atoms with E-state index in [2.05, 4.69) is 21.4 Å². The lowest BCUT2D eigenvalue weighted by molar-refractivity contribution is -0.112. The molecule has 2 heterocycles. The Bertz CT molecular complexity index is 959. The van der Waals surface area contributed by atoms with Crippen LogP contribution in [0, 0.1) is 6.92 Å². The van der Waals surface area contributed by atoms with E-state index < -0.39 is 0 Å². The molecule has 0 aliphatic heterocycles. The third kappa shape index (κ3) is 3.83. The number of amides is 1. The molecule has 0 atom stereocenters. The average molecular weight is 355 g/mol. The number of carbonyl (C=O) groups is 1. The molecular weight excluding hydrogens is 336 g/mol. The Morgan fingerprint density at radius 3 is 2.84 bits per heavy atom. The van der Waals surface area contributed by atoms with Crippen LogP contribution in [-0.4, -0.2) is 34.9 Å². The van der Waals surface area contributed by atoms with E-state index in [1.54, 1.807) is 23.4 Å². The summed E-state index contributed by atoms with van der Waals surface area (Å²) in [6.07, 6.45) is 6.88. The van der Waals surface area contributed by atoms with Crippen LogP contribution in [0.25, 0.3) is 22.2 Å². The van der Waals surface area contributed by atoms with E-state index in [1.165, 1.54) is 6.08 Å². The van der Waals surface area contributed by atoms with Gasteiger partial charge in [0.2, 0.25) is 5.91 Å². The molecule has 0 bridgehead atoms. The number of aromatic amines is 1. The van der Waals surface area contributed by atoms with Crippen molar-refractivity contribution >= 4 is 34.2 Å². The topological polar surface area (TPSA) is 61.0 Å². The highest BCUT2D eigenvalue weighted by molar-refractivity contribution is 6.34. The van der Waals surface area contributed by atoms with Crippen LogP contribution in [-0.2, 0) is 4.79 Å². The second-order valence-corrected chi connectivity index (χ2v) is 6.46. The molecule has 0 saturated heterocycles. The minimum Gasteiger partial charge on any atom is -0.383 e. The van der Waals surface area contributed by atoms with Crippen molar-refractivity contribution in [3.8, 4) is 11.1 Å². The van der Waals surface area contributed by atoms with Gasteiger partial charge >= 0.3 is 0 Å². The number of fused-ring (bicyclic) bond motifs is 1. The Morgan fingerprint density at radius 1 is 1.28 bits per heavy atom. The van der Waals surface area contributed by atoms with Crippen LogP contribution in [0.3, 0.4) is 0 Å². The number of anilines is 1. The first-order valence-corrected chi connectivity index (χ1v) is 8.21. The van der Waals surface area contributed by atoms with Gasteiger partial charge in [0.05, 0.1) is 10.7 Å². The summed E-state index contributed by atoms with van der Waals surface area (Å²) < 4.78 is 0. The van der Waals surface area contributed by atoms with Crippen molar-refractivity contribution in [3.63, 3.8) is 0 Å². The Labute approximate surface area is 151 Å². The summed E-state index contributed by atoms with van der Waals surface area (Å²) in [4.78, 5) is 21.4. The average Bonchev–Trinajstić information content (AvgIpc) is 2.96. The van der Waals surface area contributed by atoms with Gasteiger partial charge in [-0.2, -0.15) is 0 Å². The number of rotatable bonds is 4. The summed E-state index contributed by atoms with van der Waals surface area (Å²) in [5.41, 5.74) is 4.47. The van der Waals surface area contributed by atoms with Crippen LogP contribution < -0.4 is 5.32 Å². The second kappa shape index (κ2) is 6.99. The smallest absolute Gasteiger partial charge is 0.249 e. The van der Waals surface area contributed by atoms with Gasteiger partial charge in [-0.25, -0.2) is 4.98 Å². The van der Waals surface area contributed by atoms with Crippen molar-refractivity contribution < 1.29 is 4.79 Å². The van der Waals surface area contributed by atoms with E-state index in [0.29, 0.717) is 10.7 Å². The van der Waals surface area contributed by atoms with Crippen LogP contribution in [0.15, 0.2) is 48.9 Å². The number of hydrogen-bond donors (Lipinski definition) is 2. The third-order valence-corrected chi connectivity index (χ3v) is 4.15. The summed E-state index contributed by atoms with van der Waals surface area (Å²) in [6.45, 7) is 2.04. The highest BCUT2D eigenvalue weighted by Crippen LogP contribution is 2.30. The number of H-pyrrole nitrogens is 1. The Balaban J connectivity index is 1.92. The lowest BCUT2D eigenvalue weighted by atomic mass is 10.1. The first-order valence-electron chi connectivity index (χ1n) is 7.83. The zero-order valence-electron chi connectivity index (χ0n) is 14.3. The maximum Gasteiger partial charge on any atom is 0.249 e. The Morgan fingerprint density at radius 2 is 2.08 bits per heavy atom.